The quantitative estimate of drug-likeness (QED) is 0.244. The molecule has 5 amide bonds. The first-order chi connectivity index (χ1) is 19.4. The second-order valence-electron chi connectivity index (χ2n) is 9.05. The minimum Gasteiger partial charge on any atom is -0.383 e. The molecule has 0 spiro atoms. The molecule has 2 heterocycles. The smallest absolute Gasteiger partial charge is 0.338 e. The summed E-state index contributed by atoms with van der Waals surface area (Å²) in [5, 5.41) is 4.14. The molecular weight excluding hydrogens is 532 g/mol. The molecule has 0 unspecified atom stereocenters. The number of halogens is 1. The lowest BCUT2D eigenvalue weighted by Gasteiger charge is -2.33. The molecule has 1 saturated heterocycles. The van der Waals surface area contributed by atoms with Crippen molar-refractivity contribution < 1.29 is 23.9 Å². The Balaban J connectivity index is 1.52. The Hall–Kier alpha value is -4.73. The predicted molar refractivity (Wildman–Crippen MR) is 153 cm³/mol. The van der Waals surface area contributed by atoms with Gasteiger partial charge in [-0.2, -0.15) is 0 Å². The zero-order valence-electron chi connectivity index (χ0n) is 21.5. The van der Waals surface area contributed by atoms with Gasteiger partial charge in [0.25, 0.3) is 11.8 Å². The molecule has 10 heteroatoms. The van der Waals surface area contributed by atoms with Gasteiger partial charge in [0.2, 0.25) is 5.91 Å². The van der Waals surface area contributed by atoms with Gasteiger partial charge in [-0.1, -0.05) is 48.0 Å². The number of barbiturate groups is 1. The van der Waals surface area contributed by atoms with Gasteiger partial charge in [0.1, 0.15) is 12.1 Å². The van der Waals surface area contributed by atoms with Gasteiger partial charge < -0.3 is 14.6 Å². The maximum absolute atomic E-state index is 13.6. The first kappa shape index (κ1) is 26.9. The number of hydrogen-bond acceptors (Lipinski definition) is 5. The fourth-order valence-corrected chi connectivity index (χ4v) is 4.65. The van der Waals surface area contributed by atoms with Gasteiger partial charge in [0, 0.05) is 40.5 Å². The number of amides is 5. The van der Waals surface area contributed by atoms with Crippen molar-refractivity contribution in [1.82, 2.24) is 9.47 Å². The molecule has 1 aliphatic rings. The number of anilines is 2. The summed E-state index contributed by atoms with van der Waals surface area (Å²) in [6.07, 6.45) is 3.19. The van der Waals surface area contributed by atoms with Crippen LogP contribution in [0.3, 0.4) is 0 Å². The van der Waals surface area contributed by atoms with Crippen molar-refractivity contribution in [3.63, 3.8) is 0 Å². The van der Waals surface area contributed by atoms with Crippen molar-refractivity contribution in [3.8, 4) is 0 Å². The van der Waals surface area contributed by atoms with Gasteiger partial charge >= 0.3 is 6.03 Å². The van der Waals surface area contributed by atoms with Crippen LogP contribution in [0.1, 0.15) is 5.56 Å². The highest BCUT2D eigenvalue weighted by Crippen LogP contribution is 2.29. The van der Waals surface area contributed by atoms with E-state index >= 15 is 0 Å². The molecule has 4 aromatic rings. The Morgan fingerprint density at radius 1 is 0.925 bits per heavy atom. The molecule has 1 aromatic heterocycles. The fourth-order valence-electron chi connectivity index (χ4n) is 4.52. The Morgan fingerprint density at radius 2 is 1.62 bits per heavy atom. The Labute approximate surface area is 235 Å². The maximum Gasteiger partial charge on any atom is 0.338 e. The molecular formula is C30H25ClN4O5. The van der Waals surface area contributed by atoms with Crippen molar-refractivity contribution in [2.45, 2.75) is 6.54 Å². The van der Waals surface area contributed by atoms with Crippen LogP contribution in [0.15, 0.2) is 90.6 Å². The zero-order valence-corrected chi connectivity index (χ0v) is 22.3. The number of methoxy groups -OCH3 is 1. The van der Waals surface area contributed by atoms with Crippen LogP contribution in [0.5, 0.6) is 0 Å². The molecule has 0 aliphatic carbocycles. The molecule has 9 nitrogen and oxygen atoms in total. The molecule has 40 heavy (non-hydrogen) atoms. The monoisotopic (exact) mass is 556 g/mol. The van der Waals surface area contributed by atoms with Gasteiger partial charge in [-0.25, -0.2) is 9.69 Å². The number of imide groups is 2. The van der Waals surface area contributed by atoms with E-state index in [1.807, 2.05) is 24.3 Å². The van der Waals surface area contributed by atoms with Crippen molar-refractivity contribution in [2.75, 3.05) is 30.5 Å². The maximum atomic E-state index is 13.6. The lowest BCUT2D eigenvalue weighted by atomic mass is 10.0. The first-order valence-electron chi connectivity index (χ1n) is 12.5. The van der Waals surface area contributed by atoms with Gasteiger partial charge in [0.05, 0.1) is 18.8 Å². The number of fused-ring (bicyclic) bond motifs is 1. The van der Waals surface area contributed by atoms with E-state index in [9.17, 15) is 19.2 Å². The van der Waals surface area contributed by atoms with E-state index in [1.165, 1.54) is 13.2 Å². The summed E-state index contributed by atoms with van der Waals surface area (Å²) in [6, 6.07) is 21.8. The third kappa shape index (κ3) is 5.38. The van der Waals surface area contributed by atoms with Gasteiger partial charge in [-0.05, 0) is 48.5 Å². The average molecular weight is 557 g/mol. The van der Waals surface area contributed by atoms with Gasteiger partial charge in [-0.15, -0.1) is 0 Å². The largest absolute Gasteiger partial charge is 0.383 e. The van der Waals surface area contributed by atoms with Gasteiger partial charge in [-0.3, -0.25) is 19.3 Å². The SMILES string of the molecule is COCCN1C(=O)/C(=C/c2cn(CC(=O)Nc3ccc(Cl)cc3)c3ccccc23)C(=O)N(c2ccccc2)C1=O. The number of benzene rings is 3. The number of ether oxygens (including phenoxy) is 1. The average Bonchev–Trinajstić information content (AvgIpc) is 3.29. The molecule has 5 rings (SSSR count). The van der Waals surface area contributed by atoms with Crippen LogP contribution in [-0.4, -0.2) is 53.5 Å². The van der Waals surface area contributed by atoms with Crippen LogP contribution in [0.4, 0.5) is 16.2 Å². The first-order valence-corrected chi connectivity index (χ1v) is 12.8. The minimum absolute atomic E-state index is 0.0111. The van der Waals surface area contributed by atoms with E-state index in [0.29, 0.717) is 22.0 Å². The molecule has 0 atom stereocenters. The summed E-state index contributed by atoms with van der Waals surface area (Å²) in [6.45, 7) is 0.0845. The predicted octanol–water partition coefficient (Wildman–Crippen LogP) is 4.96. The fraction of sp³-hybridized carbons (Fsp3) is 0.133. The molecule has 1 N–H and O–H groups in total. The number of hydrogen-bond donors (Lipinski definition) is 1. The minimum atomic E-state index is -0.739. The lowest BCUT2D eigenvalue weighted by Crippen LogP contribution is -2.57. The number of aromatic nitrogens is 1. The number of carbonyl (C=O) groups is 4. The number of nitrogens with one attached hydrogen (secondary N) is 1. The molecule has 1 aliphatic heterocycles. The molecule has 3 aromatic carbocycles. The van der Waals surface area contributed by atoms with E-state index in [0.717, 1.165) is 20.7 Å². The Morgan fingerprint density at radius 3 is 2.35 bits per heavy atom. The summed E-state index contributed by atoms with van der Waals surface area (Å²) in [5.74, 6) is -1.71. The third-order valence-corrected chi connectivity index (χ3v) is 6.68. The van der Waals surface area contributed by atoms with Crippen molar-refractivity contribution in [2.24, 2.45) is 0 Å². The summed E-state index contributed by atoms with van der Waals surface area (Å²) >= 11 is 5.93. The van der Waals surface area contributed by atoms with Crippen molar-refractivity contribution in [1.29, 1.82) is 0 Å². The van der Waals surface area contributed by atoms with Crippen LogP contribution in [0, 0.1) is 0 Å². The van der Waals surface area contributed by atoms with Crippen LogP contribution >= 0.6 is 11.6 Å². The topological polar surface area (TPSA) is 101 Å². The number of urea groups is 1. The number of para-hydroxylation sites is 2. The standard InChI is InChI=1S/C30H25ClN4O5/c1-40-16-15-34-28(37)25(29(38)35(30(34)39)23-7-3-2-4-8-23)17-20-18-33(26-10-6-5-9-24(20)26)19-27(36)32-22-13-11-21(31)12-14-22/h2-14,17-18H,15-16,19H2,1H3,(H,32,36)/b25-17-. The summed E-state index contributed by atoms with van der Waals surface area (Å²) in [4.78, 5) is 55.1. The van der Waals surface area contributed by atoms with E-state index in [-0.39, 0.29) is 31.2 Å². The highest BCUT2D eigenvalue weighted by atomic mass is 35.5. The normalized spacial score (nSPS) is 14.8. The van der Waals surface area contributed by atoms with E-state index in [2.05, 4.69) is 5.32 Å². The van der Waals surface area contributed by atoms with E-state index in [1.54, 1.807) is 65.4 Å². The summed E-state index contributed by atoms with van der Waals surface area (Å²) < 4.78 is 6.84. The third-order valence-electron chi connectivity index (χ3n) is 6.43. The molecule has 1 fully saturated rings. The van der Waals surface area contributed by atoms with Crippen LogP contribution in [-0.2, 0) is 25.7 Å². The summed E-state index contributed by atoms with van der Waals surface area (Å²) in [5.41, 5.74) is 2.07. The van der Waals surface area contributed by atoms with Crippen LogP contribution < -0.4 is 10.2 Å². The summed E-state index contributed by atoms with van der Waals surface area (Å²) in [7, 11) is 1.47. The number of nitrogens with zero attached hydrogens (tertiary/aromatic N) is 3. The molecule has 202 valence electrons. The van der Waals surface area contributed by atoms with Gasteiger partial charge in [0.15, 0.2) is 0 Å². The van der Waals surface area contributed by atoms with E-state index in [4.69, 9.17) is 16.3 Å². The Bertz CT molecular complexity index is 1630. The Kier molecular flexibility index (Phi) is 7.77. The van der Waals surface area contributed by atoms with E-state index < -0.39 is 17.8 Å². The van der Waals surface area contributed by atoms with Crippen molar-refractivity contribution in [3.05, 3.63) is 101 Å². The van der Waals surface area contributed by atoms with Crippen LogP contribution in [0.25, 0.3) is 17.0 Å². The highest BCUT2D eigenvalue weighted by Gasteiger charge is 2.42. The lowest BCUT2D eigenvalue weighted by molar-refractivity contribution is -0.129. The van der Waals surface area contributed by atoms with Crippen LogP contribution in [0.2, 0.25) is 5.02 Å². The number of carbonyl (C=O) groups excluding carboxylic acids is 4. The molecule has 0 saturated carbocycles. The highest BCUT2D eigenvalue weighted by molar-refractivity contribution is 6.39. The van der Waals surface area contributed by atoms with Crippen molar-refractivity contribution >= 4 is 63.7 Å². The molecule has 0 radical (unpaired) electrons. The second-order valence-corrected chi connectivity index (χ2v) is 9.49. The second kappa shape index (κ2) is 11.6. The molecule has 0 bridgehead atoms. The number of rotatable bonds is 8. The zero-order chi connectivity index (χ0) is 28.2.